The SMILES string of the molecule is Fc1cnc(N/N=C/c2ccc(Nc3cccc(CCCc4cccc(Cl)c4)c3)cn2)nc1N1CCOCC1. The van der Waals surface area contributed by atoms with Gasteiger partial charge in [0.25, 0.3) is 0 Å². The summed E-state index contributed by atoms with van der Waals surface area (Å²) in [5, 5.41) is 8.33. The Labute approximate surface area is 231 Å². The van der Waals surface area contributed by atoms with Crippen LogP contribution < -0.4 is 15.6 Å². The van der Waals surface area contributed by atoms with E-state index in [1.165, 1.54) is 11.1 Å². The second kappa shape index (κ2) is 13.1. The maximum atomic E-state index is 14.2. The third-order valence-electron chi connectivity index (χ3n) is 6.22. The monoisotopic (exact) mass is 545 g/mol. The van der Waals surface area contributed by atoms with E-state index in [9.17, 15) is 4.39 Å². The molecule has 39 heavy (non-hydrogen) atoms. The molecule has 2 aromatic carbocycles. The molecule has 1 aliphatic rings. The van der Waals surface area contributed by atoms with Crippen LogP contribution in [-0.4, -0.2) is 47.5 Å². The number of aryl methyl sites for hydroxylation is 2. The minimum Gasteiger partial charge on any atom is -0.378 e. The number of nitrogens with zero attached hydrogens (tertiary/aromatic N) is 5. The summed E-state index contributed by atoms with van der Waals surface area (Å²) in [5.41, 5.74) is 7.80. The van der Waals surface area contributed by atoms with Crippen LogP contribution in [0, 0.1) is 5.82 Å². The normalized spacial score (nSPS) is 13.5. The molecule has 2 aromatic heterocycles. The van der Waals surface area contributed by atoms with Crippen molar-refractivity contribution in [2.45, 2.75) is 19.3 Å². The molecule has 0 bridgehead atoms. The number of ether oxygens (including phenoxy) is 1. The van der Waals surface area contributed by atoms with Crippen LogP contribution in [0.2, 0.25) is 5.02 Å². The van der Waals surface area contributed by atoms with E-state index in [-0.39, 0.29) is 11.8 Å². The number of hydrogen-bond donors (Lipinski definition) is 2. The number of morpholine rings is 1. The van der Waals surface area contributed by atoms with Crippen molar-refractivity contribution in [2.24, 2.45) is 5.10 Å². The Morgan fingerprint density at radius 1 is 0.949 bits per heavy atom. The number of pyridine rings is 1. The van der Waals surface area contributed by atoms with Crippen molar-refractivity contribution >= 4 is 41.0 Å². The van der Waals surface area contributed by atoms with Crippen LogP contribution in [0.25, 0.3) is 0 Å². The van der Waals surface area contributed by atoms with Crippen LogP contribution in [0.5, 0.6) is 0 Å². The maximum absolute atomic E-state index is 14.2. The van der Waals surface area contributed by atoms with Gasteiger partial charge in [-0.25, -0.2) is 14.8 Å². The molecule has 0 spiro atoms. The zero-order valence-electron chi connectivity index (χ0n) is 21.4. The second-order valence-corrected chi connectivity index (χ2v) is 9.55. The fraction of sp³-hybridized carbons (Fsp3) is 0.241. The van der Waals surface area contributed by atoms with Crippen LogP contribution in [0.15, 0.2) is 78.2 Å². The quantitative estimate of drug-likeness (QED) is 0.190. The van der Waals surface area contributed by atoms with Gasteiger partial charge in [0.1, 0.15) is 0 Å². The van der Waals surface area contributed by atoms with Gasteiger partial charge in [-0.3, -0.25) is 4.98 Å². The van der Waals surface area contributed by atoms with Crippen molar-refractivity contribution in [3.63, 3.8) is 0 Å². The van der Waals surface area contributed by atoms with Crippen LogP contribution in [0.1, 0.15) is 23.2 Å². The molecule has 2 N–H and O–H groups in total. The van der Waals surface area contributed by atoms with Gasteiger partial charge in [0.05, 0.1) is 43.2 Å². The molecule has 0 unspecified atom stereocenters. The molecule has 0 amide bonds. The average molecular weight is 546 g/mol. The molecule has 1 fully saturated rings. The van der Waals surface area contributed by atoms with Gasteiger partial charge in [0, 0.05) is 23.8 Å². The van der Waals surface area contributed by atoms with E-state index in [1.807, 2.05) is 41.3 Å². The fourth-order valence-electron chi connectivity index (χ4n) is 4.28. The van der Waals surface area contributed by atoms with Crippen molar-refractivity contribution in [3.8, 4) is 0 Å². The molecule has 0 atom stereocenters. The van der Waals surface area contributed by atoms with Crippen LogP contribution >= 0.6 is 11.6 Å². The first kappa shape index (κ1) is 26.5. The summed E-state index contributed by atoms with van der Waals surface area (Å²) < 4.78 is 19.5. The minimum atomic E-state index is -0.473. The van der Waals surface area contributed by atoms with Crippen LogP contribution in [0.4, 0.5) is 27.5 Å². The maximum Gasteiger partial charge on any atom is 0.245 e. The van der Waals surface area contributed by atoms with E-state index in [4.69, 9.17) is 16.3 Å². The summed E-state index contributed by atoms with van der Waals surface area (Å²) in [4.78, 5) is 14.5. The first-order chi connectivity index (χ1) is 19.1. The second-order valence-electron chi connectivity index (χ2n) is 9.12. The molecule has 10 heteroatoms. The zero-order chi connectivity index (χ0) is 26.9. The third-order valence-corrected chi connectivity index (χ3v) is 6.45. The molecule has 4 aromatic rings. The summed E-state index contributed by atoms with van der Waals surface area (Å²) in [6, 6.07) is 20.2. The van der Waals surface area contributed by atoms with Gasteiger partial charge in [0.15, 0.2) is 11.6 Å². The predicted octanol–water partition coefficient (Wildman–Crippen LogP) is 5.87. The molecular formula is C29H29ClFN7O. The van der Waals surface area contributed by atoms with Crippen molar-refractivity contribution in [1.29, 1.82) is 0 Å². The number of halogens is 2. The Morgan fingerprint density at radius 3 is 2.51 bits per heavy atom. The van der Waals surface area contributed by atoms with Gasteiger partial charge in [-0.2, -0.15) is 10.1 Å². The first-order valence-corrected chi connectivity index (χ1v) is 13.2. The Hall–Kier alpha value is -4.08. The Morgan fingerprint density at radius 2 is 1.74 bits per heavy atom. The van der Waals surface area contributed by atoms with Gasteiger partial charge in [-0.05, 0) is 66.8 Å². The topological polar surface area (TPSA) is 87.6 Å². The lowest BCUT2D eigenvalue weighted by atomic mass is 10.0. The fourth-order valence-corrected chi connectivity index (χ4v) is 4.49. The highest BCUT2D eigenvalue weighted by Gasteiger charge is 2.17. The molecule has 0 aliphatic carbocycles. The molecule has 8 nitrogen and oxygen atoms in total. The lowest BCUT2D eigenvalue weighted by molar-refractivity contribution is 0.122. The zero-order valence-corrected chi connectivity index (χ0v) is 22.1. The summed E-state index contributed by atoms with van der Waals surface area (Å²) in [7, 11) is 0. The largest absolute Gasteiger partial charge is 0.378 e. The summed E-state index contributed by atoms with van der Waals surface area (Å²) in [5.74, 6) is -0.0242. The summed E-state index contributed by atoms with van der Waals surface area (Å²) >= 11 is 6.09. The van der Waals surface area contributed by atoms with E-state index in [1.54, 1.807) is 12.4 Å². The smallest absolute Gasteiger partial charge is 0.245 e. The highest BCUT2D eigenvalue weighted by molar-refractivity contribution is 6.30. The number of nitrogens with one attached hydrogen (secondary N) is 2. The Bertz CT molecular complexity index is 1410. The van der Waals surface area contributed by atoms with Crippen molar-refractivity contribution in [3.05, 3.63) is 101 Å². The molecule has 5 rings (SSSR count). The minimum absolute atomic E-state index is 0.208. The third kappa shape index (κ3) is 7.72. The van der Waals surface area contributed by atoms with Gasteiger partial charge in [-0.1, -0.05) is 35.9 Å². The van der Waals surface area contributed by atoms with Gasteiger partial charge >= 0.3 is 0 Å². The van der Waals surface area contributed by atoms with Gasteiger partial charge in [0.2, 0.25) is 5.95 Å². The lowest BCUT2D eigenvalue weighted by Gasteiger charge is -2.27. The van der Waals surface area contributed by atoms with E-state index in [0.717, 1.165) is 41.9 Å². The predicted molar refractivity (Wildman–Crippen MR) is 154 cm³/mol. The van der Waals surface area contributed by atoms with E-state index >= 15 is 0 Å². The van der Waals surface area contributed by atoms with Crippen LogP contribution in [-0.2, 0) is 17.6 Å². The molecule has 3 heterocycles. The van der Waals surface area contributed by atoms with Crippen molar-refractivity contribution in [1.82, 2.24) is 15.0 Å². The van der Waals surface area contributed by atoms with Gasteiger partial charge in [-0.15, -0.1) is 0 Å². The number of rotatable bonds is 10. The molecule has 0 radical (unpaired) electrons. The Kier molecular flexibility index (Phi) is 8.93. The molecular weight excluding hydrogens is 517 g/mol. The number of hydrazone groups is 1. The highest BCUT2D eigenvalue weighted by atomic mass is 35.5. The molecule has 1 aliphatic heterocycles. The summed E-state index contributed by atoms with van der Waals surface area (Å²) in [6.45, 7) is 2.23. The lowest BCUT2D eigenvalue weighted by Crippen LogP contribution is -2.37. The molecule has 200 valence electrons. The van der Waals surface area contributed by atoms with E-state index in [2.05, 4.69) is 55.1 Å². The van der Waals surface area contributed by atoms with Crippen molar-refractivity contribution in [2.75, 3.05) is 41.9 Å². The number of benzene rings is 2. The van der Waals surface area contributed by atoms with E-state index in [0.29, 0.717) is 32.0 Å². The molecule has 0 saturated carbocycles. The number of aromatic nitrogens is 3. The Balaban J connectivity index is 1.13. The van der Waals surface area contributed by atoms with E-state index < -0.39 is 5.82 Å². The van der Waals surface area contributed by atoms with Crippen molar-refractivity contribution < 1.29 is 9.13 Å². The van der Waals surface area contributed by atoms with Crippen LogP contribution in [0.3, 0.4) is 0 Å². The number of hydrogen-bond acceptors (Lipinski definition) is 8. The first-order valence-electron chi connectivity index (χ1n) is 12.8. The number of anilines is 4. The average Bonchev–Trinajstić information content (AvgIpc) is 2.96. The standard InChI is InChI=1S/C29H29ClFN7O/c30-23-8-2-6-21(16-23)4-1-5-22-7-3-9-24(17-22)35-26-11-10-25(32-18-26)19-34-37-29-33-20-27(31)28(36-29)38-12-14-39-15-13-38/h2-3,6-11,16-20,35H,1,4-5,12-15H2,(H,33,36,37)/b34-19+. The molecule has 1 saturated heterocycles. The highest BCUT2D eigenvalue weighted by Crippen LogP contribution is 2.20. The summed E-state index contributed by atoms with van der Waals surface area (Å²) in [6.07, 6.45) is 7.47. The van der Waals surface area contributed by atoms with Gasteiger partial charge < -0.3 is 15.0 Å².